The summed E-state index contributed by atoms with van der Waals surface area (Å²) in [4.78, 5) is 4.19. The van der Waals surface area contributed by atoms with Crippen LogP contribution >= 0.6 is 11.3 Å². The van der Waals surface area contributed by atoms with E-state index in [1.165, 1.54) is 37.4 Å². The third-order valence-corrected chi connectivity index (χ3v) is 4.90. The van der Waals surface area contributed by atoms with E-state index in [0.717, 1.165) is 18.4 Å². The number of thiophene rings is 1. The van der Waals surface area contributed by atoms with Crippen LogP contribution in [0.15, 0.2) is 17.5 Å². The van der Waals surface area contributed by atoms with E-state index in [-0.39, 0.29) is 0 Å². The number of nitrogens with zero attached hydrogens (tertiary/aromatic N) is 1. The van der Waals surface area contributed by atoms with E-state index in [2.05, 4.69) is 48.5 Å². The lowest BCUT2D eigenvalue weighted by molar-refractivity contribution is 0.247. The van der Waals surface area contributed by atoms with Crippen LogP contribution in [0.1, 0.15) is 32.1 Å². The molecule has 2 atom stereocenters. The zero-order valence-electron chi connectivity index (χ0n) is 12.6. The number of nitrogens with one attached hydrogen (secondary N) is 1. The molecule has 0 radical (unpaired) electrons. The zero-order valence-corrected chi connectivity index (χ0v) is 13.4. The number of hydrogen-bond acceptors (Lipinski definition) is 3. The van der Waals surface area contributed by atoms with Crippen LogP contribution in [0, 0.1) is 11.8 Å². The van der Waals surface area contributed by atoms with E-state index >= 15 is 0 Å². The van der Waals surface area contributed by atoms with Crippen LogP contribution in [0.2, 0.25) is 0 Å². The molecular formula is C16H28N2S. The largest absolute Gasteiger partial charge is 0.316 e. The monoisotopic (exact) mass is 280 g/mol. The van der Waals surface area contributed by atoms with E-state index < -0.39 is 0 Å². The van der Waals surface area contributed by atoms with Crippen LogP contribution in [-0.2, 0) is 6.42 Å². The van der Waals surface area contributed by atoms with Crippen molar-refractivity contribution in [1.29, 1.82) is 0 Å². The highest BCUT2D eigenvalue weighted by Gasteiger charge is 2.25. The minimum absolute atomic E-state index is 0.689. The first-order valence-electron chi connectivity index (χ1n) is 7.62. The minimum Gasteiger partial charge on any atom is -0.316 e. The topological polar surface area (TPSA) is 15.3 Å². The first-order valence-corrected chi connectivity index (χ1v) is 8.50. The Morgan fingerprint density at radius 3 is 2.95 bits per heavy atom. The molecule has 2 nitrogen and oxygen atoms in total. The average Bonchev–Trinajstić information content (AvgIpc) is 2.99. The summed E-state index contributed by atoms with van der Waals surface area (Å²) in [6.07, 6.45) is 2.57. The van der Waals surface area contributed by atoms with Gasteiger partial charge in [-0.2, -0.15) is 0 Å². The van der Waals surface area contributed by atoms with Gasteiger partial charge in [0.1, 0.15) is 0 Å². The van der Waals surface area contributed by atoms with Gasteiger partial charge in [0.25, 0.3) is 0 Å². The molecular weight excluding hydrogens is 252 g/mol. The van der Waals surface area contributed by atoms with Gasteiger partial charge in [0, 0.05) is 17.5 Å². The van der Waals surface area contributed by atoms with Crippen molar-refractivity contribution in [2.75, 3.05) is 26.2 Å². The second-order valence-corrected chi connectivity index (χ2v) is 7.37. The second kappa shape index (κ2) is 7.41. The predicted molar refractivity (Wildman–Crippen MR) is 84.9 cm³/mol. The molecule has 19 heavy (non-hydrogen) atoms. The Morgan fingerprint density at radius 2 is 2.26 bits per heavy atom. The first kappa shape index (κ1) is 15.0. The molecule has 2 unspecified atom stereocenters. The molecule has 1 aromatic rings. The fourth-order valence-electron chi connectivity index (χ4n) is 2.85. The molecule has 0 bridgehead atoms. The molecule has 0 aliphatic carbocycles. The van der Waals surface area contributed by atoms with E-state index in [4.69, 9.17) is 0 Å². The fraction of sp³-hybridized carbons (Fsp3) is 0.750. The molecule has 1 aromatic heterocycles. The van der Waals surface area contributed by atoms with Gasteiger partial charge in [-0.05, 0) is 62.7 Å². The molecule has 1 aliphatic heterocycles. The van der Waals surface area contributed by atoms with Crippen molar-refractivity contribution >= 4 is 11.3 Å². The van der Waals surface area contributed by atoms with Crippen molar-refractivity contribution in [1.82, 2.24) is 10.2 Å². The molecule has 2 rings (SSSR count). The first-order chi connectivity index (χ1) is 9.15. The maximum atomic E-state index is 3.61. The van der Waals surface area contributed by atoms with Crippen molar-refractivity contribution < 1.29 is 0 Å². The van der Waals surface area contributed by atoms with E-state index in [1.807, 2.05) is 11.3 Å². The van der Waals surface area contributed by atoms with E-state index in [0.29, 0.717) is 6.04 Å². The summed E-state index contributed by atoms with van der Waals surface area (Å²) in [7, 11) is 0. The molecule has 1 saturated heterocycles. The lowest BCUT2D eigenvalue weighted by atomic mass is 10.1. The smallest absolute Gasteiger partial charge is 0.0115 e. The van der Waals surface area contributed by atoms with Gasteiger partial charge < -0.3 is 5.32 Å². The van der Waals surface area contributed by atoms with Gasteiger partial charge in [-0.25, -0.2) is 0 Å². The number of hydrogen-bond donors (Lipinski definition) is 1. The summed E-state index contributed by atoms with van der Waals surface area (Å²) in [5, 5.41) is 5.79. The Balaban J connectivity index is 1.69. The van der Waals surface area contributed by atoms with Gasteiger partial charge in [0.15, 0.2) is 0 Å². The van der Waals surface area contributed by atoms with Gasteiger partial charge in [-0.15, -0.1) is 11.3 Å². The molecule has 3 heteroatoms. The van der Waals surface area contributed by atoms with Gasteiger partial charge >= 0.3 is 0 Å². The summed E-state index contributed by atoms with van der Waals surface area (Å²) >= 11 is 1.89. The van der Waals surface area contributed by atoms with Gasteiger partial charge in [0.05, 0.1) is 0 Å². The Bertz CT molecular complexity index is 348. The summed E-state index contributed by atoms with van der Waals surface area (Å²) in [5.74, 6) is 1.61. The standard InChI is InChI=1S/C16H28N2S/c1-13(2)10-17-11-15-6-7-18(12-15)14(3)9-16-5-4-8-19-16/h4-5,8,13-15,17H,6-7,9-12H2,1-3H3. The SMILES string of the molecule is CC(C)CNCC1CCN(C(C)Cc2cccs2)C1. The summed E-state index contributed by atoms with van der Waals surface area (Å²) in [6, 6.07) is 5.11. The van der Waals surface area contributed by atoms with Crippen molar-refractivity contribution in [3.05, 3.63) is 22.4 Å². The molecule has 1 fully saturated rings. The Hall–Kier alpha value is -0.380. The highest BCUT2D eigenvalue weighted by atomic mass is 32.1. The fourth-order valence-corrected chi connectivity index (χ4v) is 3.68. The second-order valence-electron chi connectivity index (χ2n) is 6.33. The van der Waals surface area contributed by atoms with Crippen LogP contribution in [0.3, 0.4) is 0 Å². The third-order valence-electron chi connectivity index (χ3n) is 4.00. The number of likely N-dealkylation sites (tertiary alicyclic amines) is 1. The summed E-state index contributed by atoms with van der Waals surface area (Å²) in [5.41, 5.74) is 0. The molecule has 1 N–H and O–H groups in total. The summed E-state index contributed by atoms with van der Waals surface area (Å²) < 4.78 is 0. The average molecular weight is 280 g/mol. The van der Waals surface area contributed by atoms with Gasteiger partial charge in [-0.1, -0.05) is 19.9 Å². The van der Waals surface area contributed by atoms with Crippen LogP contribution in [0.25, 0.3) is 0 Å². The predicted octanol–water partition coefficient (Wildman–Crippen LogP) is 3.25. The molecule has 1 aliphatic rings. The minimum atomic E-state index is 0.689. The van der Waals surface area contributed by atoms with Gasteiger partial charge in [0.2, 0.25) is 0 Å². The van der Waals surface area contributed by atoms with Crippen LogP contribution in [0.5, 0.6) is 0 Å². The normalized spacial score (nSPS) is 22.2. The van der Waals surface area contributed by atoms with E-state index in [1.54, 1.807) is 0 Å². The zero-order chi connectivity index (χ0) is 13.7. The third kappa shape index (κ3) is 4.90. The van der Waals surface area contributed by atoms with Gasteiger partial charge in [-0.3, -0.25) is 4.90 Å². The quantitative estimate of drug-likeness (QED) is 0.825. The Labute approximate surface area is 122 Å². The van der Waals surface area contributed by atoms with Crippen LogP contribution < -0.4 is 5.32 Å². The van der Waals surface area contributed by atoms with Crippen molar-refractivity contribution in [2.45, 2.75) is 39.7 Å². The van der Waals surface area contributed by atoms with Crippen LogP contribution in [0.4, 0.5) is 0 Å². The lowest BCUT2D eigenvalue weighted by Gasteiger charge is -2.24. The molecule has 2 heterocycles. The maximum absolute atomic E-state index is 3.61. The molecule has 108 valence electrons. The molecule has 0 saturated carbocycles. The summed E-state index contributed by atoms with van der Waals surface area (Å²) in [6.45, 7) is 11.8. The van der Waals surface area contributed by atoms with Crippen LogP contribution in [-0.4, -0.2) is 37.1 Å². The highest BCUT2D eigenvalue weighted by molar-refractivity contribution is 7.09. The number of rotatable bonds is 7. The maximum Gasteiger partial charge on any atom is 0.0115 e. The van der Waals surface area contributed by atoms with Crippen molar-refractivity contribution in [2.24, 2.45) is 11.8 Å². The highest BCUT2D eigenvalue weighted by Crippen LogP contribution is 2.21. The molecule has 0 spiro atoms. The Morgan fingerprint density at radius 1 is 1.42 bits per heavy atom. The lowest BCUT2D eigenvalue weighted by Crippen LogP contribution is -2.34. The molecule has 0 aromatic carbocycles. The Kier molecular flexibility index (Phi) is 5.86. The van der Waals surface area contributed by atoms with E-state index in [9.17, 15) is 0 Å². The van der Waals surface area contributed by atoms with Crippen molar-refractivity contribution in [3.63, 3.8) is 0 Å². The van der Waals surface area contributed by atoms with Crippen molar-refractivity contribution in [3.8, 4) is 0 Å². The molecule has 0 amide bonds.